The van der Waals surface area contributed by atoms with Crippen molar-refractivity contribution in [2.24, 2.45) is 0 Å². The van der Waals surface area contributed by atoms with E-state index in [1.165, 1.54) is 5.56 Å². The van der Waals surface area contributed by atoms with Crippen molar-refractivity contribution in [2.45, 2.75) is 34.3 Å². The van der Waals surface area contributed by atoms with Gasteiger partial charge in [0.2, 0.25) is 0 Å². The second kappa shape index (κ2) is 10.1. The molecule has 0 aliphatic rings. The predicted molar refractivity (Wildman–Crippen MR) is 79.1 cm³/mol. The van der Waals surface area contributed by atoms with Crippen LogP contribution in [0.25, 0.3) is 0 Å². The van der Waals surface area contributed by atoms with Gasteiger partial charge in [0.05, 0.1) is 12.3 Å². The van der Waals surface area contributed by atoms with Crippen LogP contribution in [0.4, 0.5) is 0 Å². The average Bonchev–Trinajstić information content (AvgIpc) is 2.46. The van der Waals surface area contributed by atoms with E-state index in [4.69, 9.17) is 10.2 Å². The van der Waals surface area contributed by atoms with Gasteiger partial charge < -0.3 is 10.2 Å². The average molecular weight is 261 g/mol. The van der Waals surface area contributed by atoms with Crippen LogP contribution in [0.5, 0.6) is 5.75 Å². The van der Waals surface area contributed by atoms with Crippen molar-refractivity contribution >= 4 is 0 Å². The fraction of sp³-hybridized carbons (Fsp3) is 0.312. The van der Waals surface area contributed by atoms with Crippen LogP contribution in [0.3, 0.4) is 0 Å². The number of aliphatic hydroxyl groups excluding tert-OH is 1. The fourth-order valence-corrected chi connectivity index (χ4v) is 1.14. The summed E-state index contributed by atoms with van der Waals surface area (Å²) in [6.07, 6.45) is 1.74. The monoisotopic (exact) mass is 261 g/mol. The normalized spacial score (nSPS) is 8.68. The Kier molecular flexibility index (Phi) is 9.10. The Balaban J connectivity index is 0.000000303. The lowest BCUT2D eigenvalue weighted by Crippen LogP contribution is -1.87. The van der Waals surface area contributed by atoms with Crippen LogP contribution in [0, 0.1) is 13.8 Å². The van der Waals surface area contributed by atoms with Crippen LogP contribution in [0.1, 0.15) is 30.7 Å². The molecule has 0 unspecified atom stereocenters. The SMILES string of the molecule is CC.Cc1ccc(CO)nc1.Cc1ccc(O)cc1. The fourth-order valence-electron chi connectivity index (χ4n) is 1.14. The molecule has 0 saturated carbocycles. The third-order valence-electron chi connectivity index (χ3n) is 2.17. The van der Waals surface area contributed by atoms with Crippen LogP contribution >= 0.6 is 0 Å². The highest BCUT2D eigenvalue weighted by Gasteiger charge is 1.87. The minimum atomic E-state index is 0.0281. The van der Waals surface area contributed by atoms with Gasteiger partial charge in [-0.2, -0.15) is 0 Å². The van der Waals surface area contributed by atoms with Gasteiger partial charge in [-0.25, -0.2) is 0 Å². The molecule has 0 amide bonds. The van der Waals surface area contributed by atoms with E-state index in [2.05, 4.69) is 4.98 Å². The molecule has 1 aromatic heterocycles. The minimum Gasteiger partial charge on any atom is -0.508 e. The van der Waals surface area contributed by atoms with E-state index in [9.17, 15) is 0 Å². The smallest absolute Gasteiger partial charge is 0.115 e. The van der Waals surface area contributed by atoms with Crippen LogP contribution in [0.2, 0.25) is 0 Å². The molecule has 0 spiro atoms. The molecule has 1 heterocycles. The number of aryl methyl sites for hydroxylation is 2. The summed E-state index contributed by atoms with van der Waals surface area (Å²) < 4.78 is 0. The Labute approximate surface area is 115 Å². The highest BCUT2D eigenvalue weighted by atomic mass is 16.3. The molecule has 2 rings (SSSR count). The van der Waals surface area contributed by atoms with Gasteiger partial charge in [0, 0.05) is 6.20 Å². The number of pyridine rings is 1. The van der Waals surface area contributed by atoms with Gasteiger partial charge in [0.25, 0.3) is 0 Å². The van der Waals surface area contributed by atoms with E-state index in [0.717, 1.165) is 11.3 Å². The molecule has 0 saturated heterocycles. The largest absolute Gasteiger partial charge is 0.508 e. The second-order valence-corrected chi connectivity index (χ2v) is 3.82. The first kappa shape index (κ1) is 17.1. The van der Waals surface area contributed by atoms with Gasteiger partial charge in [-0.3, -0.25) is 4.98 Å². The molecule has 0 aliphatic heterocycles. The number of phenols is 1. The summed E-state index contributed by atoms with van der Waals surface area (Å²) in [6, 6.07) is 10.8. The summed E-state index contributed by atoms with van der Waals surface area (Å²) in [5.74, 6) is 0.329. The molecule has 19 heavy (non-hydrogen) atoms. The quantitative estimate of drug-likeness (QED) is 0.824. The van der Waals surface area contributed by atoms with E-state index in [1.54, 1.807) is 18.3 Å². The molecule has 0 radical (unpaired) electrons. The van der Waals surface area contributed by atoms with E-state index in [0.29, 0.717) is 5.75 Å². The van der Waals surface area contributed by atoms with E-state index < -0.39 is 0 Å². The summed E-state index contributed by atoms with van der Waals surface area (Å²) in [4.78, 5) is 3.95. The first-order valence-electron chi connectivity index (χ1n) is 6.40. The second-order valence-electron chi connectivity index (χ2n) is 3.82. The first-order chi connectivity index (χ1) is 9.11. The number of rotatable bonds is 1. The highest BCUT2D eigenvalue weighted by molar-refractivity contribution is 5.24. The number of aromatic nitrogens is 1. The zero-order valence-corrected chi connectivity index (χ0v) is 12.1. The number of hydrogen-bond acceptors (Lipinski definition) is 3. The van der Waals surface area contributed by atoms with Crippen molar-refractivity contribution in [1.82, 2.24) is 4.98 Å². The molecule has 3 heteroatoms. The third-order valence-corrected chi connectivity index (χ3v) is 2.17. The lowest BCUT2D eigenvalue weighted by Gasteiger charge is -1.93. The number of aliphatic hydroxyl groups is 1. The first-order valence-corrected chi connectivity index (χ1v) is 6.40. The molecule has 2 N–H and O–H groups in total. The van der Waals surface area contributed by atoms with Gasteiger partial charge in [-0.05, 0) is 37.6 Å². The summed E-state index contributed by atoms with van der Waals surface area (Å²) in [5, 5.41) is 17.3. The summed E-state index contributed by atoms with van der Waals surface area (Å²) in [5.41, 5.74) is 3.01. The topological polar surface area (TPSA) is 53.4 Å². The van der Waals surface area contributed by atoms with Gasteiger partial charge in [-0.15, -0.1) is 0 Å². The zero-order valence-electron chi connectivity index (χ0n) is 12.1. The van der Waals surface area contributed by atoms with Crippen molar-refractivity contribution < 1.29 is 10.2 Å². The highest BCUT2D eigenvalue weighted by Crippen LogP contribution is 2.07. The number of nitrogens with zero attached hydrogens (tertiary/aromatic N) is 1. The number of hydrogen-bond donors (Lipinski definition) is 2. The molecule has 3 nitrogen and oxygen atoms in total. The summed E-state index contributed by atoms with van der Waals surface area (Å²) >= 11 is 0. The zero-order chi connectivity index (χ0) is 14.7. The molecule has 104 valence electrons. The lowest BCUT2D eigenvalue weighted by molar-refractivity contribution is 0.277. The molecule has 2 aromatic rings. The Morgan fingerprint density at radius 2 is 1.42 bits per heavy atom. The molecular weight excluding hydrogens is 238 g/mol. The maximum absolute atomic E-state index is 8.76. The number of aromatic hydroxyl groups is 1. The predicted octanol–water partition coefficient (Wildman–Crippen LogP) is 3.61. The van der Waals surface area contributed by atoms with Crippen molar-refractivity contribution in [3.05, 3.63) is 59.4 Å². The van der Waals surface area contributed by atoms with Crippen molar-refractivity contribution in [1.29, 1.82) is 0 Å². The molecule has 0 atom stereocenters. The van der Waals surface area contributed by atoms with Crippen LogP contribution in [0.15, 0.2) is 42.6 Å². The van der Waals surface area contributed by atoms with Crippen LogP contribution < -0.4 is 0 Å². The van der Waals surface area contributed by atoms with E-state index >= 15 is 0 Å². The van der Waals surface area contributed by atoms with Crippen molar-refractivity contribution in [2.75, 3.05) is 0 Å². The van der Waals surface area contributed by atoms with Gasteiger partial charge in [0.15, 0.2) is 0 Å². The molecule has 0 aliphatic carbocycles. The lowest BCUT2D eigenvalue weighted by atomic mass is 10.2. The molecule has 1 aromatic carbocycles. The maximum atomic E-state index is 8.76. The summed E-state index contributed by atoms with van der Waals surface area (Å²) in [7, 11) is 0. The van der Waals surface area contributed by atoms with Crippen LogP contribution in [-0.2, 0) is 6.61 Å². The van der Waals surface area contributed by atoms with Gasteiger partial charge >= 0.3 is 0 Å². The molecular formula is C16H23NO2. The van der Waals surface area contributed by atoms with E-state index in [1.807, 2.05) is 52.0 Å². The van der Waals surface area contributed by atoms with Crippen molar-refractivity contribution in [3.63, 3.8) is 0 Å². The molecule has 0 fully saturated rings. The Bertz CT molecular complexity index is 414. The van der Waals surface area contributed by atoms with Crippen LogP contribution in [-0.4, -0.2) is 15.2 Å². The van der Waals surface area contributed by atoms with Crippen molar-refractivity contribution in [3.8, 4) is 5.75 Å². The number of benzene rings is 1. The third kappa shape index (κ3) is 7.95. The number of phenolic OH excluding ortho intramolecular Hbond substituents is 1. The maximum Gasteiger partial charge on any atom is 0.115 e. The van der Waals surface area contributed by atoms with Gasteiger partial charge in [0.1, 0.15) is 5.75 Å². The molecule has 0 bridgehead atoms. The Hall–Kier alpha value is -1.87. The van der Waals surface area contributed by atoms with E-state index in [-0.39, 0.29) is 6.61 Å². The summed E-state index contributed by atoms with van der Waals surface area (Å²) in [6.45, 7) is 7.98. The minimum absolute atomic E-state index is 0.0281. The standard InChI is InChI=1S/C7H9NO.C7H8O.C2H6/c1-6-2-3-7(5-9)8-4-6;1-6-2-4-7(8)5-3-6;1-2/h2-4,9H,5H2,1H3;2-5,8H,1H3;1-2H3. The Morgan fingerprint density at radius 3 is 1.79 bits per heavy atom. The van der Waals surface area contributed by atoms with Gasteiger partial charge in [-0.1, -0.05) is 37.6 Å². The Morgan fingerprint density at radius 1 is 0.895 bits per heavy atom.